The lowest BCUT2D eigenvalue weighted by Gasteiger charge is -2.10. The Morgan fingerprint density at radius 2 is 2.05 bits per heavy atom. The van der Waals surface area contributed by atoms with Crippen LogP contribution in [0, 0.1) is 0 Å². The third-order valence-corrected chi connectivity index (χ3v) is 4.47. The van der Waals surface area contributed by atoms with E-state index in [0.717, 1.165) is 22.5 Å². The Labute approximate surface area is 132 Å². The van der Waals surface area contributed by atoms with Gasteiger partial charge in [0.15, 0.2) is 0 Å². The van der Waals surface area contributed by atoms with Crippen molar-refractivity contribution in [3.63, 3.8) is 0 Å². The monoisotopic (exact) mass is 344 g/mol. The first-order valence-electron chi connectivity index (χ1n) is 6.93. The summed E-state index contributed by atoms with van der Waals surface area (Å²) in [6.45, 7) is 3.46. The van der Waals surface area contributed by atoms with Crippen LogP contribution < -0.4 is 10.5 Å². The third kappa shape index (κ3) is 2.76. The van der Waals surface area contributed by atoms with E-state index in [1.165, 1.54) is 16.5 Å². The van der Waals surface area contributed by atoms with Crippen molar-refractivity contribution in [2.75, 3.05) is 12.3 Å². The molecule has 0 saturated carbocycles. The first kappa shape index (κ1) is 14.0. The lowest BCUT2D eigenvalue weighted by atomic mass is 10.2. The number of hydrogen-bond acceptors (Lipinski definition) is 2. The average molecular weight is 345 g/mol. The van der Waals surface area contributed by atoms with E-state index in [1.54, 1.807) is 0 Å². The summed E-state index contributed by atoms with van der Waals surface area (Å²) in [5.41, 5.74) is 9.06. The van der Waals surface area contributed by atoms with Crippen LogP contribution in [-0.2, 0) is 6.54 Å². The fraction of sp³-hybridized carbons (Fsp3) is 0.176. The zero-order chi connectivity index (χ0) is 14.8. The first-order valence-corrected chi connectivity index (χ1v) is 7.73. The van der Waals surface area contributed by atoms with E-state index in [9.17, 15) is 0 Å². The van der Waals surface area contributed by atoms with Crippen LogP contribution >= 0.6 is 15.9 Å². The molecule has 3 nitrogen and oxygen atoms in total. The van der Waals surface area contributed by atoms with Gasteiger partial charge in [-0.15, -0.1) is 0 Å². The molecule has 0 aliphatic carbocycles. The van der Waals surface area contributed by atoms with Crippen LogP contribution in [0.15, 0.2) is 53.1 Å². The molecule has 0 unspecified atom stereocenters. The highest BCUT2D eigenvalue weighted by molar-refractivity contribution is 9.10. The van der Waals surface area contributed by atoms with Crippen molar-refractivity contribution in [3.8, 4) is 5.75 Å². The van der Waals surface area contributed by atoms with E-state index in [1.807, 2.05) is 25.1 Å². The predicted molar refractivity (Wildman–Crippen MR) is 90.8 cm³/mol. The van der Waals surface area contributed by atoms with Gasteiger partial charge in [0.2, 0.25) is 0 Å². The number of benzene rings is 2. The molecule has 3 aromatic rings. The minimum Gasteiger partial charge on any atom is -0.494 e. The summed E-state index contributed by atoms with van der Waals surface area (Å²) in [6, 6.07) is 14.3. The number of halogens is 1. The van der Waals surface area contributed by atoms with Gasteiger partial charge in [0.05, 0.1) is 6.61 Å². The number of aromatic nitrogens is 1. The number of anilines is 1. The zero-order valence-electron chi connectivity index (χ0n) is 11.8. The highest BCUT2D eigenvalue weighted by Gasteiger charge is 2.07. The number of ether oxygens (including phenoxy) is 1. The quantitative estimate of drug-likeness (QED) is 0.711. The number of fused-ring (bicyclic) bond motifs is 1. The van der Waals surface area contributed by atoms with Gasteiger partial charge in [0, 0.05) is 33.8 Å². The Hall–Kier alpha value is -1.94. The van der Waals surface area contributed by atoms with E-state index in [-0.39, 0.29) is 0 Å². The number of rotatable bonds is 4. The minimum atomic E-state index is 0.683. The smallest absolute Gasteiger partial charge is 0.120 e. The lowest BCUT2D eigenvalue weighted by Crippen LogP contribution is -2.00. The Bertz CT molecular complexity index is 780. The second-order valence-electron chi connectivity index (χ2n) is 4.92. The average Bonchev–Trinajstić information content (AvgIpc) is 2.87. The highest BCUT2D eigenvalue weighted by Crippen LogP contribution is 2.27. The summed E-state index contributed by atoms with van der Waals surface area (Å²) in [7, 11) is 0. The normalized spacial score (nSPS) is 11.0. The van der Waals surface area contributed by atoms with Crippen molar-refractivity contribution >= 4 is 32.5 Å². The molecule has 2 aromatic carbocycles. The summed E-state index contributed by atoms with van der Waals surface area (Å²) in [6.07, 6.45) is 2.09. The molecule has 0 atom stereocenters. The van der Waals surface area contributed by atoms with Crippen LogP contribution in [0.3, 0.4) is 0 Å². The van der Waals surface area contributed by atoms with Crippen molar-refractivity contribution in [2.45, 2.75) is 13.5 Å². The largest absolute Gasteiger partial charge is 0.494 e. The van der Waals surface area contributed by atoms with E-state index in [2.05, 4.69) is 51.0 Å². The van der Waals surface area contributed by atoms with Crippen LogP contribution in [0.1, 0.15) is 12.5 Å². The van der Waals surface area contributed by atoms with E-state index >= 15 is 0 Å². The van der Waals surface area contributed by atoms with Gasteiger partial charge in [0.25, 0.3) is 0 Å². The third-order valence-electron chi connectivity index (χ3n) is 3.50. The molecule has 1 heterocycles. The Kier molecular flexibility index (Phi) is 3.88. The Morgan fingerprint density at radius 1 is 1.19 bits per heavy atom. The first-order chi connectivity index (χ1) is 10.2. The molecule has 0 amide bonds. The molecule has 0 spiro atoms. The van der Waals surface area contributed by atoms with Gasteiger partial charge in [-0.05, 0) is 58.7 Å². The number of nitrogen functional groups attached to an aromatic ring is 1. The van der Waals surface area contributed by atoms with Gasteiger partial charge in [-0.2, -0.15) is 0 Å². The lowest BCUT2D eigenvalue weighted by molar-refractivity contribution is 0.340. The van der Waals surface area contributed by atoms with Gasteiger partial charge in [0.1, 0.15) is 5.75 Å². The Morgan fingerprint density at radius 3 is 2.86 bits per heavy atom. The number of nitrogens with zero attached hydrogens (tertiary/aromatic N) is 1. The van der Waals surface area contributed by atoms with Crippen LogP contribution in [0.2, 0.25) is 0 Å². The molecule has 108 valence electrons. The van der Waals surface area contributed by atoms with Gasteiger partial charge in [-0.3, -0.25) is 0 Å². The molecule has 3 rings (SSSR count). The second kappa shape index (κ2) is 5.82. The summed E-state index contributed by atoms with van der Waals surface area (Å²) in [5.74, 6) is 0.910. The van der Waals surface area contributed by atoms with Crippen molar-refractivity contribution in [2.24, 2.45) is 0 Å². The molecule has 0 aliphatic heterocycles. The van der Waals surface area contributed by atoms with Crippen LogP contribution in [0.25, 0.3) is 10.9 Å². The number of nitrogens with two attached hydrogens (primary N) is 1. The maximum Gasteiger partial charge on any atom is 0.120 e. The van der Waals surface area contributed by atoms with E-state index < -0.39 is 0 Å². The molecule has 21 heavy (non-hydrogen) atoms. The standard InChI is InChI=1S/C17H17BrN2O/c1-2-21-14-6-7-16-12(10-14)8-9-20(16)11-13-4-3-5-15(19)17(13)18/h3-10H,2,11,19H2,1H3. The number of hydrogen-bond donors (Lipinski definition) is 1. The SMILES string of the molecule is CCOc1ccc2c(ccn2Cc2cccc(N)c2Br)c1. The molecular weight excluding hydrogens is 328 g/mol. The fourth-order valence-corrected chi connectivity index (χ4v) is 2.87. The summed E-state index contributed by atoms with van der Waals surface area (Å²) >= 11 is 3.56. The molecule has 0 saturated heterocycles. The van der Waals surface area contributed by atoms with Gasteiger partial charge >= 0.3 is 0 Å². The molecule has 0 radical (unpaired) electrons. The van der Waals surface area contributed by atoms with Gasteiger partial charge in [-0.1, -0.05) is 12.1 Å². The van der Waals surface area contributed by atoms with Crippen molar-refractivity contribution in [3.05, 3.63) is 58.7 Å². The molecule has 0 fully saturated rings. The molecule has 2 N–H and O–H groups in total. The fourth-order valence-electron chi connectivity index (χ4n) is 2.48. The maximum absolute atomic E-state index is 5.94. The molecule has 4 heteroatoms. The predicted octanol–water partition coefficient (Wildman–Crippen LogP) is 4.43. The molecule has 1 aromatic heterocycles. The maximum atomic E-state index is 5.94. The molecule has 0 bridgehead atoms. The van der Waals surface area contributed by atoms with E-state index in [4.69, 9.17) is 10.5 Å². The van der Waals surface area contributed by atoms with Crippen molar-refractivity contribution in [1.29, 1.82) is 0 Å². The summed E-state index contributed by atoms with van der Waals surface area (Å²) < 4.78 is 8.73. The molecule has 0 aliphatic rings. The van der Waals surface area contributed by atoms with Crippen molar-refractivity contribution < 1.29 is 4.74 Å². The zero-order valence-corrected chi connectivity index (χ0v) is 13.4. The minimum absolute atomic E-state index is 0.683. The Balaban J connectivity index is 1.96. The highest BCUT2D eigenvalue weighted by atomic mass is 79.9. The van der Waals surface area contributed by atoms with Crippen LogP contribution in [0.5, 0.6) is 5.75 Å². The summed E-state index contributed by atoms with van der Waals surface area (Å²) in [4.78, 5) is 0. The van der Waals surface area contributed by atoms with Gasteiger partial charge < -0.3 is 15.0 Å². The molecular formula is C17H17BrN2O. The van der Waals surface area contributed by atoms with Crippen molar-refractivity contribution in [1.82, 2.24) is 4.57 Å². The second-order valence-corrected chi connectivity index (χ2v) is 5.71. The summed E-state index contributed by atoms with van der Waals surface area (Å²) in [5, 5.41) is 1.18. The topological polar surface area (TPSA) is 40.2 Å². The van der Waals surface area contributed by atoms with E-state index in [0.29, 0.717) is 6.61 Å². The van der Waals surface area contributed by atoms with Crippen LogP contribution in [0.4, 0.5) is 5.69 Å². The van der Waals surface area contributed by atoms with Gasteiger partial charge in [-0.25, -0.2) is 0 Å². The van der Waals surface area contributed by atoms with Crippen LogP contribution in [-0.4, -0.2) is 11.2 Å².